The van der Waals surface area contributed by atoms with Gasteiger partial charge in [-0.1, -0.05) is 25.2 Å². The number of ether oxygens (including phenoxy) is 1. The van der Waals surface area contributed by atoms with E-state index in [-0.39, 0.29) is 23.0 Å². The Kier molecular flexibility index (Phi) is 9.49. The largest absolute Gasteiger partial charge is 0.494 e. The molecule has 0 radical (unpaired) electrons. The highest BCUT2D eigenvalue weighted by molar-refractivity contribution is 6.12. The molecule has 1 atom stereocenters. The number of nitrogens with one attached hydrogen (secondary N) is 1. The number of carbonyl (C=O) groups excluding carboxylic acids is 1. The zero-order chi connectivity index (χ0) is 27.8. The predicted molar refractivity (Wildman–Crippen MR) is 154 cm³/mol. The number of terminal acetylenes is 1. The van der Waals surface area contributed by atoms with Gasteiger partial charge in [0, 0.05) is 41.8 Å². The van der Waals surface area contributed by atoms with Crippen LogP contribution in [-0.2, 0) is 6.42 Å². The Bertz CT molecular complexity index is 1400. The first kappa shape index (κ1) is 28.0. The molecule has 2 aromatic rings. The molecule has 4 nitrogen and oxygen atoms in total. The van der Waals surface area contributed by atoms with Crippen LogP contribution in [0.1, 0.15) is 73.4 Å². The fourth-order valence-corrected chi connectivity index (χ4v) is 5.10. The third-order valence-corrected chi connectivity index (χ3v) is 7.16. The van der Waals surface area contributed by atoms with Crippen LogP contribution in [0, 0.1) is 29.9 Å². The maximum Gasteiger partial charge on any atom is 0.201 e. The summed E-state index contributed by atoms with van der Waals surface area (Å²) < 4.78 is 34.6. The lowest BCUT2D eigenvalue weighted by atomic mass is 9.85. The number of allylic oxidation sites excluding steroid dienone is 5. The van der Waals surface area contributed by atoms with Gasteiger partial charge in [-0.2, -0.15) is 4.39 Å². The first-order valence-electron chi connectivity index (χ1n) is 13.5. The SMILES string of the molecule is C#CCCCC(=O)c1ccc(N/C2=C/CC/C=C\CCC3C(c4ccc(OC)c(F)c4F)=CN=C23)cc1CC. The third-order valence-electron chi connectivity index (χ3n) is 7.16. The molecule has 1 aliphatic heterocycles. The van der Waals surface area contributed by atoms with Crippen molar-refractivity contribution in [2.24, 2.45) is 10.9 Å². The number of ketones is 1. The first-order valence-corrected chi connectivity index (χ1v) is 13.5. The molecule has 1 unspecified atom stereocenters. The molecule has 39 heavy (non-hydrogen) atoms. The highest BCUT2D eigenvalue weighted by Crippen LogP contribution is 2.39. The number of aryl methyl sites for hydroxylation is 1. The van der Waals surface area contributed by atoms with Gasteiger partial charge in [0.15, 0.2) is 17.3 Å². The van der Waals surface area contributed by atoms with Crippen molar-refractivity contribution in [2.45, 2.75) is 58.3 Å². The van der Waals surface area contributed by atoms with E-state index in [2.05, 4.69) is 29.5 Å². The Morgan fingerprint density at radius 2 is 1.97 bits per heavy atom. The number of methoxy groups -OCH3 is 1. The van der Waals surface area contributed by atoms with Crippen LogP contribution >= 0.6 is 0 Å². The molecule has 1 aliphatic carbocycles. The predicted octanol–water partition coefficient (Wildman–Crippen LogP) is 8.06. The van der Waals surface area contributed by atoms with Crippen LogP contribution < -0.4 is 10.1 Å². The van der Waals surface area contributed by atoms with Gasteiger partial charge >= 0.3 is 0 Å². The van der Waals surface area contributed by atoms with Crippen LogP contribution in [0.4, 0.5) is 14.5 Å². The molecule has 0 amide bonds. The van der Waals surface area contributed by atoms with Crippen LogP contribution in [-0.4, -0.2) is 18.6 Å². The lowest BCUT2D eigenvalue weighted by molar-refractivity contribution is 0.0979. The van der Waals surface area contributed by atoms with Crippen LogP contribution in [0.3, 0.4) is 0 Å². The number of halogens is 2. The van der Waals surface area contributed by atoms with Gasteiger partial charge in [0.2, 0.25) is 5.82 Å². The van der Waals surface area contributed by atoms with E-state index < -0.39 is 11.6 Å². The smallest absolute Gasteiger partial charge is 0.201 e. The summed E-state index contributed by atoms with van der Waals surface area (Å²) >= 11 is 0. The quantitative estimate of drug-likeness (QED) is 0.155. The van der Waals surface area contributed by atoms with Crippen molar-refractivity contribution in [3.63, 3.8) is 0 Å². The molecule has 4 rings (SSSR count). The molecule has 1 heterocycles. The van der Waals surface area contributed by atoms with Gasteiger partial charge in [-0.25, -0.2) is 4.39 Å². The molecule has 0 bridgehead atoms. The zero-order valence-corrected chi connectivity index (χ0v) is 22.5. The third kappa shape index (κ3) is 6.37. The topological polar surface area (TPSA) is 50.7 Å². The number of Topliss-reactive ketones (excluding diaryl/α,β-unsaturated/α-hetero) is 1. The Balaban J connectivity index is 1.62. The summed E-state index contributed by atoms with van der Waals surface area (Å²) in [4.78, 5) is 17.5. The van der Waals surface area contributed by atoms with Crippen molar-refractivity contribution in [3.05, 3.63) is 88.8 Å². The van der Waals surface area contributed by atoms with E-state index in [9.17, 15) is 9.18 Å². The van der Waals surface area contributed by atoms with E-state index in [0.717, 1.165) is 47.5 Å². The van der Waals surface area contributed by atoms with Gasteiger partial charge in [0.25, 0.3) is 0 Å². The van der Waals surface area contributed by atoms with Crippen molar-refractivity contribution in [1.82, 2.24) is 0 Å². The van der Waals surface area contributed by atoms with Crippen LogP contribution in [0.5, 0.6) is 5.75 Å². The minimum Gasteiger partial charge on any atom is -0.494 e. The highest BCUT2D eigenvalue weighted by Gasteiger charge is 2.31. The Morgan fingerprint density at radius 1 is 1.15 bits per heavy atom. The van der Waals surface area contributed by atoms with Gasteiger partial charge < -0.3 is 10.1 Å². The number of hydrogen-bond donors (Lipinski definition) is 1. The van der Waals surface area contributed by atoms with Crippen molar-refractivity contribution in [2.75, 3.05) is 12.4 Å². The summed E-state index contributed by atoms with van der Waals surface area (Å²) in [7, 11) is 1.32. The van der Waals surface area contributed by atoms with E-state index in [4.69, 9.17) is 16.2 Å². The van der Waals surface area contributed by atoms with Gasteiger partial charge in [-0.05, 0) is 80.0 Å². The van der Waals surface area contributed by atoms with Gasteiger partial charge in [-0.15, -0.1) is 12.3 Å². The maximum absolute atomic E-state index is 15.1. The monoisotopic (exact) mass is 528 g/mol. The summed E-state index contributed by atoms with van der Waals surface area (Å²) in [5.41, 5.74) is 5.01. The number of aliphatic imine (C=N–C) groups is 1. The highest BCUT2D eigenvalue weighted by atomic mass is 19.2. The van der Waals surface area contributed by atoms with E-state index >= 15 is 4.39 Å². The molecule has 6 heteroatoms. The van der Waals surface area contributed by atoms with Crippen molar-refractivity contribution in [1.29, 1.82) is 0 Å². The number of benzene rings is 2. The van der Waals surface area contributed by atoms with Crippen molar-refractivity contribution >= 4 is 22.8 Å². The average Bonchev–Trinajstić information content (AvgIpc) is 3.36. The van der Waals surface area contributed by atoms with Gasteiger partial charge in [-0.3, -0.25) is 9.79 Å². The molecule has 0 saturated heterocycles. The summed E-state index contributed by atoms with van der Waals surface area (Å²) in [6.07, 6.45) is 19.0. The summed E-state index contributed by atoms with van der Waals surface area (Å²) in [5.74, 6) is 0.411. The fraction of sp³-hybridized carbons (Fsp3) is 0.333. The minimum atomic E-state index is -1.00. The number of fused-ring (bicyclic) bond motifs is 1. The summed E-state index contributed by atoms with van der Waals surface area (Å²) in [6.45, 7) is 2.03. The minimum absolute atomic E-state index is 0.0983. The standard InChI is InChI=1S/C33H34F2N2O2/c1-4-6-10-15-29(38)24-17-16-23(20-22(24)5-2)37-28-14-12-9-7-8-11-13-26-27(21-36-33(26)28)25-18-19-30(39-3)32(35)31(25)34/h1,7-8,14,16-21,26,37H,5-6,9-13,15H2,2-3H3/b8-7-,28-14+. The fourth-order valence-electron chi connectivity index (χ4n) is 5.10. The van der Waals surface area contributed by atoms with Crippen molar-refractivity contribution < 1.29 is 18.3 Å². The number of rotatable bonds is 9. The number of unbranched alkanes of at least 4 members (excludes halogenated alkanes) is 1. The van der Waals surface area contributed by atoms with Gasteiger partial charge in [0.05, 0.1) is 18.5 Å². The lowest BCUT2D eigenvalue weighted by Crippen LogP contribution is -2.21. The second-order valence-corrected chi connectivity index (χ2v) is 9.67. The lowest BCUT2D eigenvalue weighted by Gasteiger charge is -2.22. The molecule has 2 aliphatic rings. The van der Waals surface area contributed by atoms with E-state index in [1.165, 1.54) is 13.2 Å². The molecule has 202 valence electrons. The maximum atomic E-state index is 15.1. The molecule has 1 N–H and O–H groups in total. The number of carbonyl (C=O) groups is 1. The number of nitrogens with zero attached hydrogens (tertiary/aromatic N) is 1. The molecular weight excluding hydrogens is 494 g/mol. The Morgan fingerprint density at radius 3 is 2.74 bits per heavy atom. The Hall–Kier alpha value is -3.98. The second-order valence-electron chi connectivity index (χ2n) is 9.67. The number of anilines is 1. The Labute approximate surface area is 229 Å². The average molecular weight is 529 g/mol. The second kappa shape index (κ2) is 13.2. The molecule has 0 aromatic heterocycles. The molecule has 0 saturated carbocycles. The molecule has 0 fully saturated rings. The van der Waals surface area contributed by atoms with E-state index in [0.29, 0.717) is 37.7 Å². The van der Waals surface area contributed by atoms with E-state index in [1.807, 2.05) is 25.1 Å². The first-order chi connectivity index (χ1) is 19.0. The summed E-state index contributed by atoms with van der Waals surface area (Å²) in [6, 6.07) is 8.79. The van der Waals surface area contributed by atoms with E-state index in [1.54, 1.807) is 12.3 Å². The molecular formula is C33H34F2N2O2. The van der Waals surface area contributed by atoms with Gasteiger partial charge in [0.1, 0.15) is 0 Å². The van der Waals surface area contributed by atoms with Crippen molar-refractivity contribution in [3.8, 4) is 18.1 Å². The van der Waals surface area contributed by atoms with Crippen LogP contribution in [0.15, 0.2) is 65.4 Å². The zero-order valence-electron chi connectivity index (χ0n) is 22.5. The van der Waals surface area contributed by atoms with Crippen LogP contribution in [0.25, 0.3) is 5.57 Å². The normalized spacial score (nSPS) is 19.1. The molecule has 0 spiro atoms. The molecule has 2 aromatic carbocycles. The van der Waals surface area contributed by atoms with Crippen LogP contribution in [0.2, 0.25) is 0 Å². The summed E-state index contributed by atoms with van der Waals surface area (Å²) in [5, 5.41) is 3.52. The number of hydrogen-bond acceptors (Lipinski definition) is 4.